The Labute approximate surface area is 125 Å². The van der Waals surface area contributed by atoms with E-state index in [0.29, 0.717) is 25.9 Å². The number of ether oxygens (including phenoxy) is 1. The van der Waals surface area contributed by atoms with Crippen molar-refractivity contribution in [2.24, 2.45) is 11.7 Å². The minimum absolute atomic E-state index is 0.0737. The van der Waals surface area contributed by atoms with Gasteiger partial charge in [-0.15, -0.1) is 0 Å². The summed E-state index contributed by atoms with van der Waals surface area (Å²) < 4.78 is 5.27. The number of amides is 2. The number of nitrogens with zero attached hydrogens (tertiary/aromatic N) is 1. The molecule has 0 bridgehead atoms. The third kappa shape index (κ3) is 3.97. The highest BCUT2D eigenvalue weighted by Gasteiger charge is 2.23. The van der Waals surface area contributed by atoms with Crippen molar-refractivity contribution in [2.75, 3.05) is 20.2 Å². The summed E-state index contributed by atoms with van der Waals surface area (Å²) in [7, 11) is 1.60. The molecule has 1 aromatic rings. The van der Waals surface area contributed by atoms with Crippen LogP contribution in [0.15, 0.2) is 24.3 Å². The van der Waals surface area contributed by atoms with Gasteiger partial charge in [0.15, 0.2) is 0 Å². The second kappa shape index (κ2) is 7.11. The van der Waals surface area contributed by atoms with Crippen LogP contribution in [-0.2, 0) is 16.0 Å². The van der Waals surface area contributed by atoms with E-state index in [2.05, 4.69) is 0 Å². The van der Waals surface area contributed by atoms with Crippen LogP contribution in [0.5, 0.6) is 5.75 Å². The van der Waals surface area contributed by atoms with E-state index in [4.69, 9.17) is 10.5 Å². The summed E-state index contributed by atoms with van der Waals surface area (Å²) in [5.74, 6) is 0.448. The molecule has 0 radical (unpaired) electrons. The number of primary amides is 1. The van der Waals surface area contributed by atoms with Crippen molar-refractivity contribution in [3.05, 3.63) is 29.8 Å². The van der Waals surface area contributed by atoms with Crippen LogP contribution in [0.4, 0.5) is 0 Å². The maximum Gasteiger partial charge on any atom is 0.227 e. The van der Waals surface area contributed by atoms with E-state index in [9.17, 15) is 9.59 Å². The molecule has 1 atom stereocenters. The number of carbonyl (C=O) groups excluding carboxylic acids is 2. The predicted molar refractivity (Wildman–Crippen MR) is 79.8 cm³/mol. The zero-order valence-electron chi connectivity index (χ0n) is 12.4. The van der Waals surface area contributed by atoms with Gasteiger partial charge in [0.05, 0.1) is 13.5 Å². The first-order chi connectivity index (χ1) is 10.1. The first-order valence-electron chi connectivity index (χ1n) is 7.30. The fourth-order valence-corrected chi connectivity index (χ4v) is 2.75. The van der Waals surface area contributed by atoms with Gasteiger partial charge >= 0.3 is 0 Å². The lowest BCUT2D eigenvalue weighted by atomic mass is 10.0. The van der Waals surface area contributed by atoms with Crippen molar-refractivity contribution < 1.29 is 14.3 Å². The van der Waals surface area contributed by atoms with Gasteiger partial charge in [-0.25, -0.2) is 0 Å². The average molecular weight is 290 g/mol. The van der Waals surface area contributed by atoms with Gasteiger partial charge in [-0.2, -0.15) is 0 Å². The lowest BCUT2D eigenvalue weighted by Crippen LogP contribution is -2.33. The van der Waals surface area contributed by atoms with Crippen LogP contribution >= 0.6 is 0 Å². The minimum atomic E-state index is -0.256. The van der Waals surface area contributed by atoms with Crippen LogP contribution in [0.3, 0.4) is 0 Å². The molecule has 0 unspecified atom stereocenters. The van der Waals surface area contributed by atoms with Crippen molar-refractivity contribution in [1.29, 1.82) is 0 Å². The molecule has 21 heavy (non-hydrogen) atoms. The molecule has 1 saturated heterocycles. The highest BCUT2D eigenvalue weighted by molar-refractivity contribution is 5.80. The van der Waals surface area contributed by atoms with E-state index >= 15 is 0 Å². The first kappa shape index (κ1) is 15.4. The van der Waals surface area contributed by atoms with Gasteiger partial charge in [0.2, 0.25) is 11.8 Å². The Morgan fingerprint density at radius 1 is 1.29 bits per heavy atom. The maximum absolute atomic E-state index is 12.4. The molecule has 0 spiro atoms. The fourth-order valence-electron chi connectivity index (χ4n) is 2.75. The fraction of sp³-hybridized carbons (Fsp3) is 0.500. The van der Waals surface area contributed by atoms with Crippen LogP contribution in [0, 0.1) is 5.92 Å². The molecule has 5 heteroatoms. The molecule has 2 amide bonds. The number of likely N-dealkylation sites (tertiary alicyclic amines) is 1. The number of para-hydroxylation sites is 1. The van der Waals surface area contributed by atoms with Gasteiger partial charge in [-0.3, -0.25) is 9.59 Å². The normalized spacial score (nSPS) is 18.9. The number of benzene rings is 1. The Morgan fingerprint density at radius 3 is 2.76 bits per heavy atom. The second-order valence-electron chi connectivity index (χ2n) is 5.40. The summed E-state index contributed by atoms with van der Waals surface area (Å²) in [4.78, 5) is 25.5. The molecule has 1 fully saturated rings. The molecule has 0 aliphatic carbocycles. The Balaban J connectivity index is 1.98. The zero-order valence-corrected chi connectivity index (χ0v) is 12.4. The van der Waals surface area contributed by atoms with Crippen molar-refractivity contribution >= 4 is 11.8 Å². The quantitative estimate of drug-likeness (QED) is 0.909. The molecule has 1 aromatic carbocycles. The predicted octanol–water partition coefficient (Wildman–Crippen LogP) is 1.35. The molecule has 1 heterocycles. The van der Waals surface area contributed by atoms with Crippen LogP contribution < -0.4 is 10.5 Å². The number of methoxy groups -OCH3 is 1. The Bertz CT molecular complexity index is 516. The SMILES string of the molecule is COc1ccccc1CC(=O)N1CCC[C@H](C(N)=O)CC1. The summed E-state index contributed by atoms with van der Waals surface area (Å²) in [5, 5.41) is 0. The zero-order chi connectivity index (χ0) is 15.2. The van der Waals surface area contributed by atoms with E-state index in [1.54, 1.807) is 7.11 Å². The Hall–Kier alpha value is -2.04. The highest BCUT2D eigenvalue weighted by Crippen LogP contribution is 2.21. The lowest BCUT2D eigenvalue weighted by molar-refractivity contribution is -0.130. The summed E-state index contributed by atoms with van der Waals surface area (Å²) in [6.45, 7) is 1.29. The summed E-state index contributed by atoms with van der Waals surface area (Å²) in [6.07, 6.45) is 2.58. The Kier molecular flexibility index (Phi) is 5.20. The molecule has 1 aliphatic rings. The first-order valence-corrected chi connectivity index (χ1v) is 7.30. The van der Waals surface area contributed by atoms with Gasteiger partial charge in [-0.1, -0.05) is 18.2 Å². The van der Waals surface area contributed by atoms with Crippen LogP contribution in [0.1, 0.15) is 24.8 Å². The number of rotatable bonds is 4. The molecule has 2 N–H and O–H groups in total. The lowest BCUT2D eigenvalue weighted by Gasteiger charge is -2.21. The highest BCUT2D eigenvalue weighted by atomic mass is 16.5. The van der Waals surface area contributed by atoms with Gasteiger partial charge in [-0.05, 0) is 25.3 Å². The third-order valence-corrected chi connectivity index (χ3v) is 4.02. The molecular weight excluding hydrogens is 268 g/mol. The van der Waals surface area contributed by atoms with Crippen molar-refractivity contribution in [3.8, 4) is 5.75 Å². The number of nitrogens with two attached hydrogens (primary N) is 1. The molecule has 0 saturated carbocycles. The van der Waals surface area contributed by atoms with Crippen LogP contribution in [-0.4, -0.2) is 36.9 Å². The van der Waals surface area contributed by atoms with E-state index in [0.717, 1.165) is 24.2 Å². The molecule has 2 rings (SSSR count). The summed E-state index contributed by atoms with van der Waals surface area (Å²) in [5.41, 5.74) is 6.25. The van der Waals surface area contributed by atoms with E-state index in [1.807, 2.05) is 29.2 Å². The van der Waals surface area contributed by atoms with Gasteiger partial charge in [0.1, 0.15) is 5.75 Å². The third-order valence-electron chi connectivity index (χ3n) is 4.02. The molecule has 0 aromatic heterocycles. The van der Waals surface area contributed by atoms with E-state index < -0.39 is 0 Å². The van der Waals surface area contributed by atoms with Gasteiger partial charge < -0.3 is 15.4 Å². The molecule has 5 nitrogen and oxygen atoms in total. The standard InChI is InChI=1S/C16H22N2O3/c1-21-14-7-3-2-5-13(14)11-15(19)18-9-4-6-12(8-10-18)16(17)20/h2-3,5,7,12H,4,6,8-11H2,1H3,(H2,17,20)/t12-/m0/s1. The smallest absolute Gasteiger partial charge is 0.227 e. The van der Waals surface area contributed by atoms with Crippen molar-refractivity contribution in [2.45, 2.75) is 25.7 Å². The summed E-state index contributed by atoms with van der Waals surface area (Å²) in [6, 6.07) is 7.54. The molecule has 1 aliphatic heterocycles. The average Bonchev–Trinajstić information content (AvgIpc) is 2.73. The van der Waals surface area contributed by atoms with E-state index in [-0.39, 0.29) is 17.7 Å². The van der Waals surface area contributed by atoms with Crippen molar-refractivity contribution in [1.82, 2.24) is 4.90 Å². The largest absolute Gasteiger partial charge is 0.496 e. The van der Waals surface area contributed by atoms with E-state index in [1.165, 1.54) is 0 Å². The second-order valence-corrected chi connectivity index (χ2v) is 5.40. The number of hydrogen-bond donors (Lipinski definition) is 1. The number of hydrogen-bond acceptors (Lipinski definition) is 3. The topological polar surface area (TPSA) is 72.6 Å². The maximum atomic E-state index is 12.4. The van der Waals surface area contributed by atoms with Crippen molar-refractivity contribution in [3.63, 3.8) is 0 Å². The minimum Gasteiger partial charge on any atom is -0.496 e. The van der Waals surface area contributed by atoms with Crippen LogP contribution in [0.25, 0.3) is 0 Å². The molecule has 114 valence electrons. The van der Waals surface area contributed by atoms with Crippen LogP contribution in [0.2, 0.25) is 0 Å². The molecular formula is C16H22N2O3. The van der Waals surface area contributed by atoms with Gasteiger partial charge in [0, 0.05) is 24.6 Å². The summed E-state index contributed by atoms with van der Waals surface area (Å²) >= 11 is 0. The number of carbonyl (C=O) groups is 2. The Morgan fingerprint density at radius 2 is 2.05 bits per heavy atom. The van der Waals surface area contributed by atoms with Gasteiger partial charge in [0.25, 0.3) is 0 Å². The monoisotopic (exact) mass is 290 g/mol.